The predicted molar refractivity (Wildman–Crippen MR) is 140 cm³/mol. The molecule has 2 unspecified atom stereocenters. The Morgan fingerprint density at radius 2 is 1.84 bits per heavy atom. The SMILES string of the molecule is O=C(CCc1cnc[nH]1)N[C@@H](CCN1CC2CN(C(=O)c3c(F)cccc3Cl)CC2C1)c1ccccc1. The number of carbonyl (C=O) groups excluding carboxylic acids is 2. The zero-order valence-corrected chi connectivity index (χ0v) is 21.3. The van der Waals surface area contributed by atoms with E-state index in [0.29, 0.717) is 37.8 Å². The van der Waals surface area contributed by atoms with E-state index in [1.807, 2.05) is 18.2 Å². The number of imidazole rings is 1. The molecule has 9 heteroatoms. The number of nitrogens with one attached hydrogen (secondary N) is 2. The van der Waals surface area contributed by atoms with Gasteiger partial charge in [0, 0.05) is 51.0 Å². The molecule has 7 nitrogen and oxygen atoms in total. The summed E-state index contributed by atoms with van der Waals surface area (Å²) in [4.78, 5) is 36.9. The lowest BCUT2D eigenvalue weighted by Crippen LogP contribution is -2.35. The highest BCUT2D eigenvalue weighted by molar-refractivity contribution is 6.33. The number of nitrogens with zero attached hydrogens (tertiary/aromatic N) is 3. The number of halogens is 2. The topological polar surface area (TPSA) is 81.3 Å². The molecule has 194 valence electrons. The minimum atomic E-state index is -0.574. The number of amides is 2. The first-order chi connectivity index (χ1) is 18.0. The van der Waals surface area contributed by atoms with Gasteiger partial charge in [-0.05, 0) is 42.4 Å². The summed E-state index contributed by atoms with van der Waals surface area (Å²) in [6.07, 6.45) is 5.18. The fraction of sp³-hybridized carbons (Fsp3) is 0.393. The first-order valence-electron chi connectivity index (χ1n) is 12.7. The van der Waals surface area contributed by atoms with E-state index >= 15 is 0 Å². The Bertz CT molecular complexity index is 1190. The molecule has 0 spiro atoms. The van der Waals surface area contributed by atoms with Crippen molar-refractivity contribution in [3.63, 3.8) is 0 Å². The van der Waals surface area contributed by atoms with Crippen molar-refractivity contribution in [2.24, 2.45) is 11.8 Å². The van der Waals surface area contributed by atoms with Crippen LogP contribution in [0.5, 0.6) is 0 Å². The number of hydrogen-bond acceptors (Lipinski definition) is 4. The number of fused-ring (bicyclic) bond motifs is 1. The van der Waals surface area contributed by atoms with E-state index in [1.54, 1.807) is 23.5 Å². The minimum Gasteiger partial charge on any atom is -0.349 e. The molecule has 1 aromatic heterocycles. The number of H-pyrrole nitrogens is 1. The Balaban J connectivity index is 1.14. The summed E-state index contributed by atoms with van der Waals surface area (Å²) in [5.41, 5.74) is 2.00. The van der Waals surface area contributed by atoms with Crippen molar-refractivity contribution in [3.8, 4) is 0 Å². The van der Waals surface area contributed by atoms with E-state index in [0.717, 1.165) is 37.3 Å². The lowest BCUT2D eigenvalue weighted by molar-refractivity contribution is -0.121. The third-order valence-corrected chi connectivity index (χ3v) is 7.79. The van der Waals surface area contributed by atoms with E-state index in [9.17, 15) is 14.0 Å². The fourth-order valence-electron chi connectivity index (χ4n) is 5.55. The number of aromatic amines is 1. The van der Waals surface area contributed by atoms with Gasteiger partial charge in [0.2, 0.25) is 5.91 Å². The molecule has 3 heterocycles. The van der Waals surface area contributed by atoms with Gasteiger partial charge in [0.1, 0.15) is 5.82 Å². The van der Waals surface area contributed by atoms with Gasteiger partial charge in [-0.3, -0.25) is 9.59 Å². The molecule has 3 aromatic rings. The monoisotopic (exact) mass is 523 g/mol. The van der Waals surface area contributed by atoms with Crippen LogP contribution in [0.4, 0.5) is 4.39 Å². The van der Waals surface area contributed by atoms with Crippen molar-refractivity contribution in [2.75, 3.05) is 32.7 Å². The fourth-order valence-corrected chi connectivity index (χ4v) is 5.80. The van der Waals surface area contributed by atoms with Gasteiger partial charge in [0.25, 0.3) is 5.91 Å². The molecule has 2 aliphatic rings. The average Bonchev–Trinajstić information content (AvgIpc) is 3.63. The van der Waals surface area contributed by atoms with Crippen LogP contribution in [0.2, 0.25) is 5.02 Å². The van der Waals surface area contributed by atoms with Gasteiger partial charge >= 0.3 is 0 Å². The van der Waals surface area contributed by atoms with Crippen LogP contribution >= 0.6 is 11.6 Å². The van der Waals surface area contributed by atoms with E-state index in [2.05, 4.69) is 32.3 Å². The van der Waals surface area contributed by atoms with Crippen LogP contribution in [0, 0.1) is 17.7 Å². The summed E-state index contributed by atoms with van der Waals surface area (Å²) in [6.45, 7) is 3.83. The Kier molecular flexibility index (Phi) is 7.86. The smallest absolute Gasteiger partial charge is 0.258 e. The van der Waals surface area contributed by atoms with Gasteiger partial charge in [-0.2, -0.15) is 0 Å². The molecule has 5 rings (SSSR count). The summed E-state index contributed by atoms with van der Waals surface area (Å²) in [6, 6.07) is 14.3. The van der Waals surface area contributed by atoms with Crippen molar-refractivity contribution < 1.29 is 14.0 Å². The van der Waals surface area contributed by atoms with Gasteiger partial charge in [-0.15, -0.1) is 0 Å². The molecule has 2 fully saturated rings. The van der Waals surface area contributed by atoms with E-state index in [1.165, 1.54) is 12.1 Å². The Morgan fingerprint density at radius 3 is 2.51 bits per heavy atom. The van der Waals surface area contributed by atoms with Crippen molar-refractivity contribution >= 4 is 23.4 Å². The van der Waals surface area contributed by atoms with Crippen molar-refractivity contribution in [1.82, 2.24) is 25.1 Å². The third-order valence-electron chi connectivity index (χ3n) is 7.47. The maximum atomic E-state index is 14.3. The molecule has 2 aromatic carbocycles. The molecular weight excluding hydrogens is 493 g/mol. The van der Waals surface area contributed by atoms with Crippen LogP contribution in [0.25, 0.3) is 0 Å². The van der Waals surface area contributed by atoms with Gasteiger partial charge in [-0.1, -0.05) is 48.0 Å². The number of aromatic nitrogens is 2. The predicted octanol–water partition coefficient (Wildman–Crippen LogP) is 4.09. The number of rotatable bonds is 9. The first kappa shape index (κ1) is 25.4. The molecule has 2 aliphatic heterocycles. The Morgan fingerprint density at radius 1 is 1.08 bits per heavy atom. The number of benzene rings is 2. The lowest BCUT2D eigenvalue weighted by Gasteiger charge is -2.25. The summed E-state index contributed by atoms with van der Waals surface area (Å²) in [5.74, 6) is -0.175. The zero-order valence-electron chi connectivity index (χ0n) is 20.6. The maximum Gasteiger partial charge on any atom is 0.258 e. The second-order valence-electron chi connectivity index (χ2n) is 9.98. The van der Waals surface area contributed by atoms with Crippen LogP contribution in [0.1, 0.15) is 40.5 Å². The maximum absolute atomic E-state index is 14.3. The number of likely N-dealkylation sites (tertiary alicyclic amines) is 2. The van der Waals surface area contributed by atoms with Gasteiger partial charge in [-0.25, -0.2) is 9.37 Å². The van der Waals surface area contributed by atoms with Gasteiger partial charge < -0.3 is 20.1 Å². The second kappa shape index (κ2) is 11.4. The molecular formula is C28H31ClFN5O2. The Hall–Kier alpha value is -3.23. The van der Waals surface area contributed by atoms with E-state index in [4.69, 9.17) is 11.6 Å². The molecule has 37 heavy (non-hydrogen) atoms. The van der Waals surface area contributed by atoms with Crippen LogP contribution in [-0.4, -0.2) is 64.3 Å². The summed E-state index contributed by atoms with van der Waals surface area (Å²) >= 11 is 6.12. The molecule has 2 N–H and O–H groups in total. The van der Waals surface area contributed by atoms with Gasteiger partial charge in [0.05, 0.1) is 23.0 Å². The van der Waals surface area contributed by atoms with Crippen LogP contribution < -0.4 is 5.32 Å². The van der Waals surface area contributed by atoms with E-state index in [-0.39, 0.29) is 28.4 Å². The third kappa shape index (κ3) is 6.02. The van der Waals surface area contributed by atoms with Crippen molar-refractivity contribution in [3.05, 3.63) is 88.7 Å². The quantitative estimate of drug-likeness (QED) is 0.443. The summed E-state index contributed by atoms with van der Waals surface area (Å²) in [7, 11) is 0. The molecule has 0 radical (unpaired) electrons. The molecule has 2 amide bonds. The second-order valence-corrected chi connectivity index (χ2v) is 10.4. The highest BCUT2D eigenvalue weighted by atomic mass is 35.5. The lowest BCUT2D eigenvalue weighted by atomic mass is 10.0. The highest BCUT2D eigenvalue weighted by Gasteiger charge is 2.42. The van der Waals surface area contributed by atoms with Crippen molar-refractivity contribution in [1.29, 1.82) is 0 Å². The molecule has 2 saturated heterocycles. The standard InChI is InChI=1S/C28H31ClFN5O2/c29-23-7-4-8-24(30)27(23)28(37)35-16-20-14-34(15-21(20)17-35)12-11-25(19-5-2-1-3-6-19)33-26(36)10-9-22-13-31-18-32-22/h1-8,13,18,20-21,25H,9-12,14-17H2,(H,31,32)(H,33,36)/t20?,21?,25-/m0/s1. The first-order valence-corrected chi connectivity index (χ1v) is 13.1. The summed E-state index contributed by atoms with van der Waals surface area (Å²) in [5, 5.41) is 3.37. The zero-order chi connectivity index (χ0) is 25.8. The minimum absolute atomic E-state index is 0.0164. The van der Waals surface area contributed by atoms with E-state index < -0.39 is 5.82 Å². The number of carbonyl (C=O) groups is 2. The molecule has 0 aliphatic carbocycles. The number of hydrogen-bond donors (Lipinski definition) is 2. The van der Waals surface area contributed by atoms with Crippen LogP contribution in [0.15, 0.2) is 61.1 Å². The van der Waals surface area contributed by atoms with Crippen LogP contribution in [-0.2, 0) is 11.2 Å². The molecule has 0 bridgehead atoms. The number of aryl methyl sites for hydroxylation is 1. The Labute approximate surface area is 221 Å². The highest BCUT2D eigenvalue weighted by Crippen LogP contribution is 2.33. The normalized spacial score (nSPS) is 20.1. The average molecular weight is 524 g/mol. The molecule has 0 saturated carbocycles. The van der Waals surface area contributed by atoms with Crippen molar-refractivity contribution in [2.45, 2.75) is 25.3 Å². The summed E-state index contributed by atoms with van der Waals surface area (Å²) < 4.78 is 14.3. The van der Waals surface area contributed by atoms with Gasteiger partial charge in [0.15, 0.2) is 0 Å². The molecule has 3 atom stereocenters. The van der Waals surface area contributed by atoms with Crippen LogP contribution in [0.3, 0.4) is 0 Å². The largest absolute Gasteiger partial charge is 0.349 e.